The van der Waals surface area contributed by atoms with Crippen molar-refractivity contribution in [3.8, 4) is 0 Å². The van der Waals surface area contributed by atoms with E-state index in [0.29, 0.717) is 48.7 Å². The standard InChI is InChI=1S/C26H34N4O4/c1-5-29(6-2)25(33)19-11-9-13-21(17-19)27-23(31)15-16-24(32)28-22-14-10-12-20(18-22)26(34)30(7-3)8-4/h9-14,17-18H,5-8,15-16H2,1-4H3,(H,27,31)(H,28,32). The van der Waals surface area contributed by atoms with Gasteiger partial charge in [-0.3, -0.25) is 19.2 Å². The lowest BCUT2D eigenvalue weighted by atomic mass is 10.1. The molecular formula is C26H34N4O4. The predicted molar refractivity (Wildman–Crippen MR) is 134 cm³/mol. The molecule has 0 radical (unpaired) electrons. The van der Waals surface area contributed by atoms with E-state index < -0.39 is 0 Å². The molecule has 2 rings (SSSR count). The van der Waals surface area contributed by atoms with Gasteiger partial charge in [0, 0.05) is 61.5 Å². The molecule has 2 N–H and O–H groups in total. The predicted octanol–water partition coefficient (Wildman–Crippen LogP) is 4.01. The average molecular weight is 467 g/mol. The molecule has 0 spiro atoms. The molecule has 0 unspecified atom stereocenters. The Bertz CT molecular complexity index is 932. The third kappa shape index (κ3) is 7.43. The van der Waals surface area contributed by atoms with E-state index >= 15 is 0 Å². The van der Waals surface area contributed by atoms with E-state index in [0.717, 1.165) is 0 Å². The molecule has 0 atom stereocenters. The molecule has 182 valence electrons. The zero-order valence-electron chi connectivity index (χ0n) is 20.4. The molecule has 4 amide bonds. The van der Waals surface area contributed by atoms with Gasteiger partial charge in [0.05, 0.1) is 0 Å². The Morgan fingerprint density at radius 3 is 1.29 bits per heavy atom. The zero-order chi connectivity index (χ0) is 25.1. The normalized spacial score (nSPS) is 10.4. The maximum absolute atomic E-state index is 12.5. The lowest BCUT2D eigenvalue weighted by Crippen LogP contribution is -2.30. The van der Waals surface area contributed by atoms with Gasteiger partial charge in [0.25, 0.3) is 11.8 Å². The Hall–Kier alpha value is -3.68. The van der Waals surface area contributed by atoms with E-state index in [1.54, 1.807) is 58.3 Å². The maximum atomic E-state index is 12.5. The van der Waals surface area contributed by atoms with Crippen molar-refractivity contribution in [2.45, 2.75) is 40.5 Å². The van der Waals surface area contributed by atoms with E-state index in [4.69, 9.17) is 0 Å². The first kappa shape index (κ1) is 26.6. The highest BCUT2D eigenvalue weighted by atomic mass is 16.2. The monoisotopic (exact) mass is 466 g/mol. The lowest BCUT2D eigenvalue weighted by Gasteiger charge is -2.19. The Balaban J connectivity index is 1.91. The van der Waals surface area contributed by atoms with Crippen molar-refractivity contribution >= 4 is 35.0 Å². The highest BCUT2D eigenvalue weighted by molar-refractivity contribution is 6.00. The van der Waals surface area contributed by atoms with Crippen LogP contribution in [-0.2, 0) is 9.59 Å². The molecule has 0 aliphatic heterocycles. The van der Waals surface area contributed by atoms with Gasteiger partial charge < -0.3 is 20.4 Å². The second kappa shape index (κ2) is 13.1. The van der Waals surface area contributed by atoms with Crippen LogP contribution in [0.2, 0.25) is 0 Å². The van der Waals surface area contributed by atoms with E-state index in [-0.39, 0.29) is 36.5 Å². The number of anilines is 2. The Morgan fingerprint density at radius 2 is 0.971 bits per heavy atom. The number of hydrogen-bond acceptors (Lipinski definition) is 4. The van der Waals surface area contributed by atoms with E-state index in [1.807, 2.05) is 27.7 Å². The largest absolute Gasteiger partial charge is 0.339 e. The molecule has 2 aromatic carbocycles. The van der Waals surface area contributed by atoms with Crippen LogP contribution in [0.4, 0.5) is 11.4 Å². The minimum Gasteiger partial charge on any atom is -0.339 e. The van der Waals surface area contributed by atoms with Crippen LogP contribution >= 0.6 is 0 Å². The molecule has 0 bridgehead atoms. The van der Waals surface area contributed by atoms with Crippen molar-refractivity contribution < 1.29 is 19.2 Å². The molecule has 0 saturated carbocycles. The summed E-state index contributed by atoms with van der Waals surface area (Å²) in [6.45, 7) is 10.1. The number of carbonyl (C=O) groups excluding carboxylic acids is 4. The van der Waals surface area contributed by atoms with E-state index in [2.05, 4.69) is 10.6 Å². The lowest BCUT2D eigenvalue weighted by molar-refractivity contribution is -0.121. The average Bonchev–Trinajstić information content (AvgIpc) is 2.84. The summed E-state index contributed by atoms with van der Waals surface area (Å²) in [6, 6.07) is 13.5. The topological polar surface area (TPSA) is 98.8 Å². The van der Waals surface area contributed by atoms with Gasteiger partial charge >= 0.3 is 0 Å². The van der Waals surface area contributed by atoms with Crippen molar-refractivity contribution in [3.05, 3.63) is 59.7 Å². The van der Waals surface area contributed by atoms with Gasteiger partial charge in [0.2, 0.25) is 11.8 Å². The number of nitrogens with one attached hydrogen (secondary N) is 2. The molecule has 8 nitrogen and oxygen atoms in total. The number of amides is 4. The quantitative estimate of drug-likeness (QED) is 0.523. The highest BCUT2D eigenvalue weighted by Gasteiger charge is 2.15. The molecule has 34 heavy (non-hydrogen) atoms. The molecule has 0 saturated heterocycles. The van der Waals surface area contributed by atoms with Gasteiger partial charge in [-0.1, -0.05) is 12.1 Å². The van der Waals surface area contributed by atoms with Crippen LogP contribution in [0.3, 0.4) is 0 Å². The Kier molecular flexibility index (Phi) is 10.3. The summed E-state index contributed by atoms with van der Waals surface area (Å²) in [5.41, 5.74) is 2.01. The summed E-state index contributed by atoms with van der Waals surface area (Å²) in [4.78, 5) is 53.1. The third-order valence-electron chi connectivity index (χ3n) is 5.47. The van der Waals surface area contributed by atoms with Gasteiger partial charge in [-0.15, -0.1) is 0 Å². The van der Waals surface area contributed by atoms with Crippen LogP contribution in [0.15, 0.2) is 48.5 Å². The van der Waals surface area contributed by atoms with Crippen LogP contribution < -0.4 is 10.6 Å². The number of benzene rings is 2. The number of carbonyl (C=O) groups is 4. The van der Waals surface area contributed by atoms with Crippen molar-refractivity contribution in [2.75, 3.05) is 36.8 Å². The van der Waals surface area contributed by atoms with Crippen LogP contribution in [0.1, 0.15) is 61.3 Å². The second-order valence-corrected chi connectivity index (χ2v) is 7.71. The van der Waals surface area contributed by atoms with Crippen LogP contribution in [0, 0.1) is 0 Å². The summed E-state index contributed by atoms with van der Waals surface area (Å²) in [5.74, 6) is -0.842. The smallest absolute Gasteiger partial charge is 0.253 e. The summed E-state index contributed by atoms with van der Waals surface area (Å²) in [7, 11) is 0. The van der Waals surface area contributed by atoms with Gasteiger partial charge in [0.1, 0.15) is 0 Å². The molecule has 0 aliphatic carbocycles. The van der Waals surface area contributed by atoms with E-state index in [1.165, 1.54) is 0 Å². The van der Waals surface area contributed by atoms with E-state index in [9.17, 15) is 19.2 Å². The molecule has 0 aromatic heterocycles. The number of nitrogens with zero attached hydrogens (tertiary/aromatic N) is 2. The van der Waals surface area contributed by atoms with Crippen LogP contribution in [0.25, 0.3) is 0 Å². The third-order valence-corrected chi connectivity index (χ3v) is 5.47. The van der Waals surface area contributed by atoms with Crippen molar-refractivity contribution in [3.63, 3.8) is 0 Å². The Morgan fingerprint density at radius 1 is 0.618 bits per heavy atom. The van der Waals surface area contributed by atoms with Crippen LogP contribution in [0.5, 0.6) is 0 Å². The molecule has 0 fully saturated rings. The fourth-order valence-electron chi connectivity index (χ4n) is 3.52. The molecule has 8 heteroatoms. The van der Waals surface area contributed by atoms with Crippen molar-refractivity contribution in [2.24, 2.45) is 0 Å². The minimum absolute atomic E-state index is 0.0158. The fraction of sp³-hybridized carbons (Fsp3) is 0.385. The Labute approximate surface area is 201 Å². The molecule has 0 aliphatic rings. The SMILES string of the molecule is CCN(CC)C(=O)c1cccc(NC(=O)CCC(=O)Nc2cccc(C(=O)N(CC)CC)c2)c1. The summed E-state index contributed by atoms with van der Waals surface area (Å²) in [5, 5.41) is 5.48. The molecule has 2 aromatic rings. The summed E-state index contributed by atoms with van der Waals surface area (Å²) in [6.07, 6.45) is -0.0315. The first-order chi connectivity index (χ1) is 16.3. The highest BCUT2D eigenvalue weighted by Crippen LogP contribution is 2.15. The molecule has 0 heterocycles. The first-order valence-corrected chi connectivity index (χ1v) is 11.7. The second-order valence-electron chi connectivity index (χ2n) is 7.71. The van der Waals surface area contributed by atoms with Crippen molar-refractivity contribution in [1.29, 1.82) is 0 Å². The summed E-state index contributed by atoms with van der Waals surface area (Å²) >= 11 is 0. The fourth-order valence-corrected chi connectivity index (χ4v) is 3.52. The summed E-state index contributed by atoms with van der Waals surface area (Å²) < 4.78 is 0. The van der Waals surface area contributed by atoms with Crippen molar-refractivity contribution in [1.82, 2.24) is 9.80 Å². The van der Waals surface area contributed by atoms with Gasteiger partial charge in [-0.2, -0.15) is 0 Å². The van der Waals surface area contributed by atoms with Gasteiger partial charge in [0.15, 0.2) is 0 Å². The minimum atomic E-state index is -0.326. The maximum Gasteiger partial charge on any atom is 0.253 e. The number of rotatable bonds is 11. The van der Waals surface area contributed by atoms with Gasteiger partial charge in [-0.25, -0.2) is 0 Å². The molecular weight excluding hydrogens is 432 g/mol. The zero-order valence-corrected chi connectivity index (χ0v) is 20.4. The van der Waals surface area contributed by atoms with Crippen LogP contribution in [-0.4, -0.2) is 59.6 Å². The first-order valence-electron chi connectivity index (χ1n) is 11.7. The van der Waals surface area contributed by atoms with Gasteiger partial charge in [-0.05, 0) is 64.1 Å². The number of hydrogen-bond donors (Lipinski definition) is 2.